The second kappa shape index (κ2) is 9.02. The molecular weight excluding hydrogens is 440 g/mol. The van der Waals surface area contributed by atoms with Gasteiger partial charge >= 0.3 is 5.97 Å². The van der Waals surface area contributed by atoms with Crippen LogP contribution in [0.1, 0.15) is 82.5 Å². The fourth-order valence-corrected chi connectivity index (χ4v) is 8.16. The minimum absolute atomic E-state index is 0.0251. The molecule has 33 heavy (non-hydrogen) atoms. The summed E-state index contributed by atoms with van der Waals surface area (Å²) >= 11 is 0. The predicted molar refractivity (Wildman–Crippen MR) is 125 cm³/mol. The normalized spacial score (nSPS) is 27.8. The predicted octanol–water partition coefficient (Wildman–Crippen LogP) is 3.88. The molecule has 0 spiro atoms. The van der Waals surface area contributed by atoms with E-state index < -0.39 is 16.0 Å². The first kappa shape index (κ1) is 24.2. The quantitative estimate of drug-likeness (QED) is 0.629. The maximum absolute atomic E-state index is 13.5. The van der Waals surface area contributed by atoms with Gasteiger partial charge in [-0.1, -0.05) is 46.1 Å². The Kier molecular flexibility index (Phi) is 6.62. The van der Waals surface area contributed by atoms with Crippen LogP contribution >= 0.6 is 0 Å². The lowest BCUT2D eigenvalue weighted by atomic mass is 9.65. The number of nitrogens with one attached hydrogen (secondary N) is 1. The van der Waals surface area contributed by atoms with E-state index in [1.807, 2.05) is 0 Å². The Hall–Kier alpha value is -1.93. The summed E-state index contributed by atoms with van der Waals surface area (Å²) in [4.78, 5) is 24.8. The standard InChI is InChI=1S/C25H36N2O5S/c1-24(2)13-20-14-25(3,16-24)17-27(20)33(30,31)21-11-7-8-18(12-21)23(29)32-15-22(28)26-19-9-5-4-6-10-19/h7-8,11-12,19-20H,4-6,9-10,13-17H2,1-3H3,(H,26,28). The van der Waals surface area contributed by atoms with Crippen LogP contribution in [0.4, 0.5) is 0 Å². The van der Waals surface area contributed by atoms with Crippen LogP contribution in [0.2, 0.25) is 0 Å². The molecule has 7 nitrogen and oxygen atoms in total. The molecule has 2 atom stereocenters. The molecule has 2 unspecified atom stereocenters. The lowest BCUT2D eigenvalue weighted by molar-refractivity contribution is -0.125. The summed E-state index contributed by atoms with van der Waals surface area (Å²) in [6.45, 7) is 6.71. The lowest BCUT2D eigenvalue weighted by Gasteiger charge is -2.39. The first-order valence-corrected chi connectivity index (χ1v) is 13.5. The van der Waals surface area contributed by atoms with E-state index in [-0.39, 0.29) is 45.9 Å². The summed E-state index contributed by atoms with van der Waals surface area (Å²) in [5.41, 5.74) is 0.211. The summed E-state index contributed by atoms with van der Waals surface area (Å²) in [5, 5.41) is 2.91. The maximum Gasteiger partial charge on any atom is 0.338 e. The van der Waals surface area contributed by atoms with Crippen molar-refractivity contribution in [1.82, 2.24) is 9.62 Å². The summed E-state index contributed by atoms with van der Waals surface area (Å²) in [5.74, 6) is -1.02. The van der Waals surface area contributed by atoms with E-state index in [4.69, 9.17) is 4.74 Å². The van der Waals surface area contributed by atoms with Crippen LogP contribution in [0.25, 0.3) is 0 Å². The number of hydrogen-bond acceptors (Lipinski definition) is 5. The minimum atomic E-state index is -3.74. The average Bonchev–Trinajstić information content (AvgIpc) is 3.02. The van der Waals surface area contributed by atoms with Crippen molar-refractivity contribution in [2.24, 2.45) is 10.8 Å². The Morgan fingerprint density at radius 3 is 2.58 bits per heavy atom. The van der Waals surface area contributed by atoms with Gasteiger partial charge in [0.15, 0.2) is 6.61 Å². The molecule has 2 bridgehead atoms. The van der Waals surface area contributed by atoms with Gasteiger partial charge in [0.05, 0.1) is 10.5 Å². The van der Waals surface area contributed by atoms with E-state index in [2.05, 4.69) is 26.1 Å². The molecule has 0 radical (unpaired) electrons. The summed E-state index contributed by atoms with van der Waals surface area (Å²) in [6, 6.07) is 6.09. The van der Waals surface area contributed by atoms with E-state index in [1.165, 1.54) is 24.6 Å². The van der Waals surface area contributed by atoms with Gasteiger partial charge in [-0.25, -0.2) is 13.2 Å². The largest absolute Gasteiger partial charge is 0.452 e. The van der Waals surface area contributed by atoms with Gasteiger partial charge in [0.1, 0.15) is 0 Å². The van der Waals surface area contributed by atoms with Crippen LogP contribution < -0.4 is 5.32 Å². The van der Waals surface area contributed by atoms with Crippen LogP contribution in [0, 0.1) is 10.8 Å². The third-order valence-corrected chi connectivity index (χ3v) is 9.24. The highest BCUT2D eigenvalue weighted by atomic mass is 32.2. The number of fused-ring (bicyclic) bond motifs is 2. The monoisotopic (exact) mass is 476 g/mol. The minimum Gasteiger partial charge on any atom is -0.452 e. The Labute approximate surface area is 197 Å². The fraction of sp³-hybridized carbons (Fsp3) is 0.680. The van der Waals surface area contributed by atoms with E-state index in [0.29, 0.717) is 6.54 Å². The first-order valence-electron chi connectivity index (χ1n) is 12.1. The lowest BCUT2D eigenvalue weighted by Crippen LogP contribution is -2.38. The number of hydrogen-bond donors (Lipinski definition) is 1. The molecule has 1 aromatic carbocycles. The number of benzene rings is 1. The summed E-state index contributed by atoms with van der Waals surface area (Å²) in [6.07, 6.45) is 7.99. The van der Waals surface area contributed by atoms with Gasteiger partial charge in [-0.2, -0.15) is 4.31 Å². The molecule has 3 aliphatic rings. The molecule has 1 aliphatic heterocycles. The Morgan fingerprint density at radius 2 is 1.85 bits per heavy atom. The van der Waals surface area contributed by atoms with Crippen LogP contribution in [0.5, 0.6) is 0 Å². The second-order valence-electron chi connectivity index (χ2n) is 11.3. The molecule has 182 valence electrons. The zero-order valence-corrected chi connectivity index (χ0v) is 20.7. The molecule has 1 heterocycles. The van der Waals surface area contributed by atoms with Crippen molar-refractivity contribution in [3.05, 3.63) is 29.8 Å². The Morgan fingerprint density at radius 1 is 1.12 bits per heavy atom. The van der Waals surface area contributed by atoms with Gasteiger partial charge in [0, 0.05) is 18.6 Å². The zero-order chi connectivity index (χ0) is 23.9. The van der Waals surface area contributed by atoms with E-state index >= 15 is 0 Å². The number of carbonyl (C=O) groups is 2. The molecule has 1 aromatic rings. The zero-order valence-electron chi connectivity index (χ0n) is 19.9. The number of carbonyl (C=O) groups excluding carboxylic acids is 2. The number of nitrogens with zero attached hydrogens (tertiary/aromatic N) is 1. The molecular formula is C25H36N2O5S. The highest BCUT2D eigenvalue weighted by Gasteiger charge is 2.53. The number of rotatable bonds is 6. The Bertz CT molecular complexity index is 1020. The van der Waals surface area contributed by atoms with Crippen molar-refractivity contribution in [3.8, 4) is 0 Å². The molecule has 2 aliphatic carbocycles. The summed E-state index contributed by atoms with van der Waals surface area (Å²) in [7, 11) is -3.74. The highest BCUT2D eigenvalue weighted by Crippen LogP contribution is 2.53. The number of ether oxygens (including phenoxy) is 1. The number of amides is 1. The van der Waals surface area contributed by atoms with Gasteiger partial charge in [-0.3, -0.25) is 4.79 Å². The van der Waals surface area contributed by atoms with Crippen LogP contribution in [-0.4, -0.2) is 49.8 Å². The van der Waals surface area contributed by atoms with Gasteiger partial charge in [-0.15, -0.1) is 0 Å². The molecule has 0 aromatic heterocycles. The SMILES string of the molecule is CC1(C)CC2CC(C)(CN2S(=O)(=O)c2cccc(C(=O)OCC(=O)NC3CCCCC3)c2)C1. The third kappa shape index (κ3) is 5.43. The molecule has 2 saturated carbocycles. The van der Waals surface area contributed by atoms with Crippen molar-refractivity contribution in [2.75, 3.05) is 13.2 Å². The van der Waals surface area contributed by atoms with E-state index in [9.17, 15) is 18.0 Å². The third-order valence-electron chi connectivity index (χ3n) is 7.35. The smallest absolute Gasteiger partial charge is 0.338 e. The topological polar surface area (TPSA) is 92.8 Å². The van der Waals surface area contributed by atoms with Gasteiger partial charge in [-0.05, 0) is 61.1 Å². The molecule has 1 N–H and O–H groups in total. The van der Waals surface area contributed by atoms with Crippen molar-refractivity contribution in [1.29, 1.82) is 0 Å². The van der Waals surface area contributed by atoms with Crippen LogP contribution in [0.3, 0.4) is 0 Å². The number of sulfonamides is 1. The van der Waals surface area contributed by atoms with Crippen molar-refractivity contribution < 1.29 is 22.7 Å². The molecule has 8 heteroatoms. The van der Waals surface area contributed by atoms with Crippen molar-refractivity contribution >= 4 is 21.9 Å². The second-order valence-corrected chi connectivity index (χ2v) is 13.2. The van der Waals surface area contributed by atoms with Crippen molar-refractivity contribution in [2.45, 2.75) is 89.1 Å². The van der Waals surface area contributed by atoms with Gasteiger partial charge in [0.25, 0.3) is 5.91 Å². The summed E-state index contributed by atoms with van der Waals surface area (Å²) < 4.78 is 33.8. The molecule has 1 saturated heterocycles. The van der Waals surface area contributed by atoms with E-state index in [1.54, 1.807) is 10.4 Å². The van der Waals surface area contributed by atoms with Gasteiger partial charge in [0.2, 0.25) is 10.0 Å². The molecule has 3 fully saturated rings. The van der Waals surface area contributed by atoms with E-state index in [0.717, 1.165) is 44.9 Å². The van der Waals surface area contributed by atoms with Crippen molar-refractivity contribution in [3.63, 3.8) is 0 Å². The fourth-order valence-electron chi connectivity index (χ4n) is 6.34. The van der Waals surface area contributed by atoms with Crippen LogP contribution in [0.15, 0.2) is 29.2 Å². The Balaban J connectivity index is 1.42. The molecule has 4 rings (SSSR count). The maximum atomic E-state index is 13.5. The number of esters is 1. The highest BCUT2D eigenvalue weighted by molar-refractivity contribution is 7.89. The van der Waals surface area contributed by atoms with Gasteiger partial charge < -0.3 is 10.1 Å². The van der Waals surface area contributed by atoms with Crippen LogP contribution in [-0.2, 0) is 19.6 Å². The average molecular weight is 477 g/mol. The first-order chi connectivity index (χ1) is 15.5. The molecule has 1 amide bonds.